The van der Waals surface area contributed by atoms with Crippen LogP contribution in [0, 0.1) is 11.7 Å². The van der Waals surface area contributed by atoms with Crippen molar-refractivity contribution in [1.82, 2.24) is 5.32 Å². The van der Waals surface area contributed by atoms with Gasteiger partial charge in [0.25, 0.3) is 0 Å². The summed E-state index contributed by atoms with van der Waals surface area (Å²) in [5, 5.41) is 3.19. The average Bonchev–Trinajstić information content (AvgIpc) is 2.29. The lowest BCUT2D eigenvalue weighted by atomic mass is 9.82. The van der Waals surface area contributed by atoms with Crippen LogP contribution < -0.4 is 5.32 Å². The van der Waals surface area contributed by atoms with E-state index >= 15 is 0 Å². The number of hydrogen-bond donors (Lipinski definition) is 1. The first-order valence-electron chi connectivity index (χ1n) is 5.97. The predicted molar refractivity (Wildman–Crippen MR) is 60.8 cm³/mol. The van der Waals surface area contributed by atoms with Gasteiger partial charge in [-0.25, -0.2) is 4.39 Å². The number of benzene rings is 1. The second-order valence-electron chi connectivity index (χ2n) is 4.81. The van der Waals surface area contributed by atoms with E-state index in [-0.39, 0.29) is 11.8 Å². The van der Waals surface area contributed by atoms with E-state index in [4.69, 9.17) is 0 Å². The molecule has 0 saturated carbocycles. The molecule has 1 aromatic carbocycles. The van der Waals surface area contributed by atoms with Gasteiger partial charge in [-0.05, 0) is 49.0 Å². The minimum atomic E-state index is -4.63. The van der Waals surface area contributed by atoms with Crippen molar-refractivity contribution in [2.75, 3.05) is 13.1 Å². The Morgan fingerprint density at radius 1 is 1.28 bits per heavy atom. The standard InChI is InChI=1S/C13H15F4N/c1-8-7-18-5-4-10(8)9-2-3-12(14)11(6-9)13(15,16)17/h2-3,6,8,10,18H,4-5,7H2,1H3/t8-,10+/m1/s1. The van der Waals surface area contributed by atoms with Crippen LogP contribution in [0.15, 0.2) is 18.2 Å². The fraction of sp³-hybridized carbons (Fsp3) is 0.538. The van der Waals surface area contributed by atoms with Crippen LogP contribution in [0.5, 0.6) is 0 Å². The van der Waals surface area contributed by atoms with Crippen LogP contribution in [0.3, 0.4) is 0 Å². The summed E-state index contributed by atoms with van der Waals surface area (Å²) < 4.78 is 51.1. The highest BCUT2D eigenvalue weighted by atomic mass is 19.4. The molecule has 0 aromatic heterocycles. The molecule has 100 valence electrons. The topological polar surface area (TPSA) is 12.0 Å². The number of halogens is 4. The average molecular weight is 261 g/mol. The Morgan fingerprint density at radius 2 is 2.00 bits per heavy atom. The quantitative estimate of drug-likeness (QED) is 0.762. The van der Waals surface area contributed by atoms with Gasteiger partial charge in [-0.1, -0.05) is 13.0 Å². The van der Waals surface area contributed by atoms with E-state index in [2.05, 4.69) is 5.32 Å². The molecule has 18 heavy (non-hydrogen) atoms. The minimum Gasteiger partial charge on any atom is -0.316 e. The van der Waals surface area contributed by atoms with Crippen LogP contribution in [-0.2, 0) is 6.18 Å². The third-order valence-electron chi connectivity index (χ3n) is 3.51. The molecule has 0 radical (unpaired) electrons. The van der Waals surface area contributed by atoms with E-state index in [9.17, 15) is 17.6 Å². The molecule has 0 bridgehead atoms. The molecule has 0 unspecified atom stereocenters. The predicted octanol–water partition coefficient (Wildman–Crippen LogP) is 3.56. The molecule has 1 N–H and O–H groups in total. The molecule has 2 rings (SSSR count). The van der Waals surface area contributed by atoms with E-state index in [1.807, 2.05) is 6.92 Å². The summed E-state index contributed by atoms with van der Waals surface area (Å²) in [5.74, 6) is -0.883. The number of alkyl halides is 3. The van der Waals surface area contributed by atoms with Crippen LogP contribution in [0.4, 0.5) is 17.6 Å². The molecule has 5 heteroatoms. The van der Waals surface area contributed by atoms with Gasteiger partial charge < -0.3 is 5.32 Å². The Balaban J connectivity index is 2.34. The first-order chi connectivity index (χ1) is 8.39. The molecule has 1 fully saturated rings. The minimum absolute atomic E-state index is 0.0629. The smallest absolute Gasteiger partial charge is 0.316 e. The maximum Gasteiger partial charge on any atom is 0.419 e. The Kier molecular flexibility index (Phi) is 3.61. The summed E-state index contributed by atoms with van der Waals surface area (Å²) in [7, 11) is 0. The zero-order chi connectivity index (χ0) is 13.3. The highest BCUT2D eigenvalue weighted by Gasteiger charge is 2.35. The fourth-order valence-electron chi connectivity index (χ4n) is 2.50. The maximum atomic E-state index is 13.2. The zero-order valence-electron chi connectivity index (χ0n) is 10.0. The van der Waals surface area contributed by atoms with Crippen molar-refractivity contribution in [2.45, 2.75) is 25.4 Å². The van der Waals surface area contributed by atoms with Gasteiger partial charge in [0.1, 0.15) is 5.82 Å². The third kappa shape index (κ3) is 2.66. The van der Waals surface area contributed by atoms with Crippen molar-refractivity contribution >= 4 is 0 Å². The van der Waals surface area contributed by atoms with Gasteiger partial charge in [0, 0.05) is 0 Å². The summed E-state index contributed by atoms with van der Waals surface area (Å²) in [4.78, 5) is 0. The lowest BCUT2D eigenvalue weighted by Crippen LogP contribution is -2.33. The molecule has 1 aliphatic heterocycles. The number of piperidine rings is 1. The second kappa shape index (κ2) is 4.88. The highest BCUT2D eigenvalue weighted by Crippen LogP contribution is 2.36. The molecule has 2 atom stereocenters. The Labute approximate surface area is 103 Å². The van der Waals surface area contributed by atoms with Crippen molar-refractivity contribution in [3.8, 4) is 0 Å². The maximum absolute atomic E-state index is 13.2. The Bertz CT molecular complexity index is 427. The lowest BCUT2D eigenvalue weighted by Gasteiger charge is -2.30. The van der Waals surface area contributed by atoms with E-state index in [1.54, 1.807) is 0 Å². The van der Waals surface area contributed by atoms with Gasteiger partial charge in [0.2, 0.25) is 0 Å². The van der Waals surface area contributed by atoms with Gasteiger partial charge in [-0.3, -0.25) is 0 Å². The van der Waals surface area contributed by atoms with Gasteiger partial charge >= 0.3 is 6.18 Å². The summed E-state index contributed by atoms with van der Waals surface area (Å²) >= 11 is 0. The van der Waals surface area contributed by atoms with E-state index in [0.29, 0.717) is 5.56 Å². The van der Waals surface area contributed by atoms with Crippen LogP contribution >= 0.6 is 0 Å². The number of hydrogen-bond acceptors (Lipinski definition) is 1. The normalized spacial score (nSPS) is 25.2. The molecule has 0 amide bonds. The Morgan fingerprint density at radius 3 is 2.61 bits per heavy atom. The van der Waals surface area contributed by atoms with Crippen molar-refractivity contribution in [2.24, 2.45) is 5.92 Å². The van der Waals surface area contributed by atoms with E-state index in [0.717, 1.165) is 31.6 Å². The Hall–Kier alpha value is -1.10. The van der Waals surface area contributed by atoms with E-state index in [1.165, 1.54) is 6.07 Å². The molecular weight excluding hydrogens is 246 g/mol. The third-order valence-corrected chi connectivity index (χ3v) is 3.51. The van der Waals surface area contributed by atoms with Gasteiger partial charge in [-0.2, -0.15) is 13.2 Å². The zero-order valence-corrected chi connectivity index (χ0v) is 10.0. The van der Waals surface area contributed by atoms with Crippen LogP contribution in [0.25, 0.3) is 0 Å². The number of nitrogens with one attached hydrogen (secondary N) is 1. The first-order valence-corrected chi connectivity index (χ1v) is 5.97. The first kappa shape index (κ1) is 13.3. The number of rotatable bonds is 1. The van der Waals surface area contributed by atoms with E-state index < -0.39 is 17.6 Å². The van der Waals surface area contributed by atoms with Crippen molar-refractivity contribution in [3.05, 3.63) is 35.1 Å². The molecule has 1 nitrogen and oxygen atoms in total. The van der Waals surface area contributed by atoms with Crippen molar-refractivity contribution < 1.29 is 17.6 Å². The molecule has 1 saturated heterocycles. The van der Waals surface area contributed by atoms with Crippen LogP contribution in [-0.4, -0.2) is 13.1 Å². The SMILES string of the molecule is C[C@@H]1CNCC[C@@H]1c1ccc(F)c(C(F)(F)F)c1. The molecule has 1 heterocycles. The summed E-state index contributed by atoms with van der Waals surface area (Å²) in [6.07, 6.45) is -3.85. The second-order valence-corrected chi connectivity index (χ2v) is 4.81. The molecule has 0 aliphatic carbocycles. The van der Waals surface area contributed by atoms with Gasteiger partial charge in [0.15, 0.2) is 0 Å². The highest BCUT2D eigenvalue weighted by molar-refractivity contribution is 5.30. The summed E-state index contributed by atoms with van der Waals surface area (Å²) in [6.45, 7) is 3.56. The van der Waals surface area contributed by atoms with Crippen molar-refractivity contribution in [3.63, 3.8) is 0 Å². The summed E-state index contributed by atoms with van der Waals surface area (Å²) in [5.41, 5.74) is -0.580. The van der Waals surface area contributed by atoms with Crippen LogP contribution in [0.1, 0.15) is 30.4 Å². The largest absolute Gasteiger partial charge is 0.419 e. The molecule has 1 aliphatic rings. The monoisotopic (exact) mass is 261 g/mol. The fourth-order valence-corrected chi connectivity index (χ4v) is 2.50. The van der Waals surface area contributed by atoms with Crippen LogP contribution in [0.2, 0.25) is 0 Å². The molecular formula is C13H15F4N. The van der Waals surface area contributed by atoms with Crippen molar-refractivity contribution in [1.29, 1.82) is 0 Å². The van der Waals surface area contributed by atoms with Gasteiger partial charge in [0.05, 0.1) is 5.56 Å². The lowest BCUT2D eigenvalue weighted by molar-refractivity contribution is -0.140. The molecule has 1 aromatic rings. The van der Waals surface area contributed by atoms with Gasteiger partial charge in [-0.15, -0.1) is 0 Å². The summed E-state index contributed by atoms with van der Waals surface area (Å²) in [6, 6.07) is 3.35. The molecule has 0 spiro atoms.